The Kier molecular flexibility index (Phi) is 7.85. The highest BCUT2D eigenvalue weighted by Gasteiger charge is 2.18. The summed E-state index contributed by atoms with van der Waals surface area (Å²) >= 11 is 1.32. The van der Waals surface area contributed by atoms with E-state index in [1.807, 2.05) is 32.0 Å². The zero-order chi connectivity index (χ0) is 20.5. The van der Waals surface area contributed by atoms with Gasteiger partial charge in [-0.3, -0.25) is 4.79 Å². The Hall–Kier alpha value is -3.04. The molecule has 0 bridgehead atoms. The standard InChI is InChI=1S/C22H22N2O3S/c1-4-24(14-16(2)3)21(25)15-27-22(26)18-10-6-8-12-20(18)28-19-11-7-5-9-17(19)13-23/h5-12H,2,4,14-15H2,1,3H3. The first-order valence-corrected chi connectivity index (χ1v) is 9.63. The zero-order valence-corrected chi connectivity index (χ0v) is 16.8. The van der Waals surface area contributed by atoms with Gasteiger partial charge in [-0.25, -0.2) is 4.79 Å². The van der Waals surface area contributed by atoms with Crippen molar-refractivity contribution in [3.8, 4) is 6.07 Å². The molecule has 6 heteroatoms. The fraction of sp³-hybridized carbons (Fsp3) is 0.227. The average molecular weight is 394 g/mol. The van der Waals surface area contributed by atoms with Gasteiger partial charge >= 0.3 is 5.97 Å². The molecule has 0 aromatic heterocycles. The molecule has 2 aromatic rings. The molecule has 0 spiro atoms. The minimum absolute atomic E-state index is 0.265. The Balaban J connectivity index is 2.11. The van der Waals surface area contributed by atoms with E-state index >= 15 is 0 Å². The number of likely N-dealkylation sites (N-methyl/N-ethyl adjacent to an activating group) is 1. The summed E-state index contributed by atoms with van der Waals surface area (Å²) in [6.45, 7) is 8.13. The van der Waals surface area contributed by atoms with E-state index in [1.165, 1.54) is 11.8 Å². The SMILES string of the molecule is C=C(C)CN(CC)C(=O)COC(=O)c1ccccc1Sc1ccccc1C#N. The van der Waals surface area contributed by atoms with E-state index in [-0.39, 0.29) is 12.5 Å². The zero-order valence-electron chi connectivity index (χ0n) is 16.0. The number of carbonyl (C=O) groups is 2. The van der Waals surface area contributed by atoms with Crippen LogP contribution in [0.1, 0.15) is 29.8 Å². The average Bonchev–Trinajstić information content (AvgIpc) is 2.70. The van der Waals surface area contributed by atoms with Crippen LogP contribution in [-0.4, -0.2) is 36.5 Å². The van der Waals surface area contributed by atoms with Crippen LogP contribution in [-0.2, 0) is 9.53 Å². The molecule has 5 nitrogen and oxygen atoms in total. The number of carbonyl (C=O) groups excluding carboxylic acids is 2. The molecule has 0 heterocycles. The molecule has 0 radical (unpaired) electrons. The van der Waals surface area contributed by atoms with Crippen LogP contribution in [0.2, 0.25) is 0 Å². The number of nitriles is 1. The second kappa shape index (κ2) is 10.3. The van der Waals surface area contributed by atoms with E-state index < -0.39 is 5.97 Å². The van der Waals surface area contributed by atoms with Gasteiger partial charge in [0.2, 0.25) is 0 Å². The summed E-state index contributed by atoms with van der Waals surface area (Å²) in [5.41, 5.74) is 1.75. The van der Waals surface area contributed by atoms with Crippen LogP contribution >= 0.6 is 11.8 Å². The molecule has 144 valence electrons. The quantitative estimate of drug-likeness (QED) is 0.493. The molecular weight excluding hydrogens is 372 g/mol. The molecule has 0 N–H and O–H groups in total. The van der Waals surface area contributed by atoms with Crippen molar-refractivity contribution in [1.29, 1.82) is 5.26 Å². The fourth-order valence-corrected chi connectivity index (χ4v) is 3.50. The maximum absolute atomic E-state index is 12.6. The Labute approximate surface area is 169 Å². The van der Waals surface area contributed by atoms with Gasteiger partial charge in [0.25, 0.3) is 5.91 Å². The normalized spacial score (nSPS) is 10.0. The topological polar surface area (TPSA) is 70.4 Å². The van der Waals surface area contributed by atoms with Crippen molar-refractivity contribution in [3.63, 3.8) is 0 Å². The van der Waals surface area contributed by atoms with Crippen LogP contribution in [0.15, 0.2) is 70.5 Å². The number of rotatable bonds is 8. The summed E-state index contributed by atoms with van der Waals surface area (Å²) in [4.78, 5) is 27.8. The highest BCUT2D eigenvalue weighted by Crippen LogP contribution is 2.32. The second-order valence-electron chi connectivity index (χ2n) is 6.15. The third-order valence-corrected chi connectivity index (χ3v) is 5.01. The van der Waals surface area contributed by atoms with Crippen LogP contribution in [0.25, 0.3) is 0 Å². The Morgan fingerprint density at radius 2 is 1.79 bits per heavy atom. The van der Waals surface area contributed by atoms with Crippen molar-refractivity contribution in [1.82, 2.24) is 4.90 Å². The monoisotopic (exact) mass is 394 g/mol. The molecular formula is C22H22N2O3S. The summed E-state index contributed by atoms with van der Waals surface area (Å²) in [5.74, 6) is -0.837. The van der Waals surface area contributed by atoms with Gasteiger partial charge in [-0.1, -0.05) is 48.2 Å². The van der Waals surface area contributed by atoms with Gasteiger partial charge in [0, 0.05) is 22.9 Å². The number of hydrogen-bond acceptors (Lipinski definition) is 5. The van der Waals surface area contributed by atoms with E-state index in [0.717, 1.165) is 10.5 Å². The highest BCUT2D eigenvalue weighted by molar-refractivity contribution is 7.99. The molecule has 0 saturated heterocycles. The van der Waals surface area contributed by atoms with Gasteiger partial charge < -0.3 is 9.64 Å². The van der Waals surface area contributed by atoms with Gasteiger partial charge in [0.15, 0.2) is 6.61 Å². The van der Waals surface area contributed by atoms with Gasteiger partial charge in [0.1, 0.15) is 6.07 Å². The summed E-state index contributed by atoms with van der Waals surface area (Å²) in [6.07, 6.45) is 0. The van der Waals surface area contributed by atoms with Crippen molar-refractivity contribution in [2.75, 3.05) is 19.7 Å². The molecule has 28 heavy (non-hydrogen) atoms. The minimum Gasteiger partial charge on any atom is -0.452 e. The van der Waals surface area contributed by atoms with Crippen LogP contribution < -0.4 is 0 Å². The first-order chi connectivity index (χ1) is 13.5. The lowest BCUT2D eigenvalue weighted by Crippen LogP contribution is -2.35. The van der Waals surface area contributed by atoms with Crippen LogP contribution in [0.5, 0.6) is 0 Å². The van der Waals surface area contributed by atoms with Gasteiger partial charge in [-0.15, -0.1) is 0 Å². The molecule has 0 unspecified atom stereocenters. The lowest BCUT2D eigenvalue weighted by molar-refractivity contribution is -0.133. The van der Waals surface area contributed by atoms with E-state index in [2.05, 4.69) is 12.6 Å². The van der Waals surface area contributed by atoms with Crippen molar-refractivity contribution >= 4 is 23.6 Å². The van der Waals surface area contributed by atoms with Gasteiger partial charge in [0.05, 0.1) is 11.1 Å². The summed E-state index contributed by atoms with van der Waals surface area (Å²) in [6, 6.07) is 16.3. The Bertz CT molecular complexity index is 918. The highest BCUT2D eigenvalue weighted by atomic mass is 32.2. The van der Waals surface area contributed by atoms with Crippen molar-refractivity contribution in [2.24, 2.45) is 0 Å². The molecule has 1 amide bonds. The number of ether oxygens (including phenoxy) is 1. The smallest absolute Gasteiger partial charge is 0.339 e. The maximum atomic E-state index is 12.6. The molecule has 2 rings (SSSR count). The summed E-state index contributed by atoms with van der Waals surface area (Å²) in [5, 5.41) is 9.25. The first-order valence-electron chi connectivity index (χ1n) is 8.81. The molecule has 0 atom stereocenters. The molecule has 0 aliphatic heterocycles. The maximum Gasteiger partial charge on any atom is 0.339 e. The van der Waals surface area contributed by atoms with Gasteiger partial charge in [-0.2, -0.15) is 5.26 Å². The van der Waals surface area contributed by atoms with E-state index in [4.69, 9.17) is 4.74 Å². The van der Waals surface area contributed by atoms with Crippen molar-refractivity contribution < 1.29 is 14.3 Å². The molecule has 0 aliphatic carbocycles. The number of nitrogens with zero attached hydrogens (tertiary/aromatic N) is 2. The summed E-state index contributed by atoms with van der Waals surface area (Å²) < 4.78 is 5.25. The predicted molar refractivity (Wildman–Crippen MR) is 109 cm³/mol. The Morgan fingerprint density at radius 3 is 2.43 bits per heavy atom. The number of benzene rings is 2. The fourth-order valence-electron chi connectivity index (χ4n) is 2.49. The van der Waals surface area contributed by atoms with Crippen molar-refractivity contribution in [3.05, 3.63) is 71.8 Å². The third kappa shape index (κ3) is 5.73. The lowest BCUT2D eigenvalue weighted by atomic mass is 10.2. The van der Waals surface area contributed by atoms with Gasteiger partial charge in [-0.05, 0) is 38.1 Å². The molecule has 0 saturated carbocycles. The number of hydrogen-bond donors (Lipinski definition) is 0. The van der Waals surface area contributed by atoms with E-state index in [1.54, 1.807) is 35.2 Å². The number of amides is 1. The largest absolute Gasteiger partial charge is 0.452 e. The van der Waals surface area contributed by atoms with Crippen molar-refractivity contribution in [2.45, 2.75) is 23.6 Å². The molecule has 0 aliphatic rings. The van der Waals surface area contributed by atoms with Crippen LogP contribution in [0, 0.1) is 11.3 Å². The first kappa shape index (κ1) is 21.3. The molecule has 2 aromatic carbocycles. The summed E-state index contributed by atoms with van der Waals surface area (Å²) in [7, 11) is 0. The minimum atomic E-state index is -0.572. The number of esters is 1. The lowest BCUT2D eigenvalue weighted by Gasteiger charge is -2.20. The Morgan fingerprint density at radius 1 is 1.14 bits per heavy atom. The van der Waals surface area contributed by atoms with Crippen LogP contribution in [0.4, 0.5) is 0 Å². The third-order valence-electron chi connectivity index (χ3n) is 3.86. The molecule has 0 fully saturated rings. The van der Waals surface area contributed by atoms with Crippen LogP contribution in [0.3, 0.4) is 0 Å². The predicted octanol–water partition coefficient (Wildman–Crippen LogP) is 4.29. The van der Waals surface area contributed by atoms with E-state index in [9.17, 15) is 14.9 Å². The van der Waals surface area contributed by atoms with E-state index in [0.29, 0.717) is 29.1 Å². The second-order valence-corrected chi connectivity index (χ2v) is 7.23.